The quantitative estimate of drug-likeness (QED) is 0.850. The maximum Gasteiger partial charge on any atom is 0.227 e. The van der Waals surface area contributed by atoms with Gasteiger partial charge in [0.05, 0.1) is 6.42 Å². The van der Waals surface area contributed by atoms with E-state index in [0.717, 1.165) is 31.6 Å². The Hall–Kier alpha value is -2.27. The van der Waals surface area contributed by atoms with E-state index in [1.807, 2.05) is 4.90 Å². The molecule has 3 nitrogen and oxygen atoms in total. The molecule has 1 saturated heterocycles. The van der Waals surface area contributed by atoms with Gasteiger partial charge in [0.15, 0.2) is 0 Å². The van der Waals surface area contributed by atoms with E-state index >= 15 is 0 Å². The van der Waals surface area contributed by atoms with Crippen LogP contribution in [0.25, 0.3) is 0 Å². The van der Waals surface area contributed by atoms with Crippen molar-refractivity contribution in [1.82, 2.24) is 9.80 Å². The van der Waals surface area contributed by atoms with Crippen molar-refractivity contribution < 1.29 is 13.6 Å². The van der Waals surface area contributed by atoms with Crippen LogP contribution in [0, 0.1) is 11.6 Å². The minimum atomic E-state index is -0.330. The molecular formula is C20H22F2N2O. The SMILES string of the molecule is O=C(Cc1ccccc1F)N1CCCN(Cc2ccc(F)cc2)CC1. The van der Waals surface area contributed by atoms with E-state index in [9.17, 15) is 13.6 Å². The van der Waals surface area contributed by atoms with Crippen molar-refractivity contribution in [3.05, 3.63) is 71.3 Å². The van der Waals surface area contributed by atoms with Gasteiger partial charge in [-0.3, -0.25) is 9.69 Å². The summed E-state index contributed by atoms with van der Waals surface area (Å²) in [6.07, 6.45) is 0.981. The Bertz CT molecular complexity index is 718. The van der Waals surface area contributed by atoms with Gasteiger partial charge < -0.3 is 4.90 Å². The van der Waals surface area contributed by atoms with E-state index in [1.54, 1.807) is 30.3 Å². The summed E-state index contributed by atoms with van der Waals surface area (Å²) in [5.41, 5.74) is 1.51. The van der Waals surface area contributed by atoms with Crippen LogP contribution >= 0.6 is 0 Å². The van der Waals surface area contributed by atoms with Crippen molar-refractivity contribution in [2.45, 2.75) is 19.4 Å². The molecule has 1 fully saturated rings. The van der Waals surface area contributed by atoms with Gasteiger partial charge in [0, 0.05) is 32.7 Å². The highest BCUT2D eigenvalue weighted by atomic mass is 19.1. The third-order valence-corrected chi connectivity index (χ3v) is 4.56. The molecule has 5 heteroatoms. The molecule has 132 valence electrons. The minimum absolute atomic E-state index is 0.0336. The average molecular weight is 344 g/mol. The highest BCUT2D eigenvalue weighted by Gasteiger charge is 2.20. The van der Waals surface area contributed by atoms with Gasteiger partial charge in [-0.05, 0) is 35.7 Å². The first-order valence-corrected chi connectivity index (χ1v) is 8.60. The molecule has 0 atom stereocenters. The number of nitrogens with zero attached hydrogens (tertiary/aromatic N) is 2. The van der Waals surface area contributed by atoms with Crippen LogP contribution in [0.2, 0.25) is 0 Å². The van der Waals surface area contributed by atoms with Crippen molar-refractivity contribution in [2.75, 3.05) is 26.2 Å². The lowest BCUT2D eigenvalue weighted by Crippen LogP contribution is -2.36. The van der Waals surface area contributed by atoms with Crippen molar-refractivity contribution in [2.24, 2.45) is 0 Å². The van der Waals surface area contributed by atoms with E-state index in [-0.39, 0.29) is 24.0 Å². The van der Waals surface area contributed by atoms with E-state index in [0.29, 0.717) is 18.7 Å². The first-order valence-electron chi connectivity index (χ1n) is 8.60. The number of carbonyl (C=O) groups is 1. The van der Waals surface area contributed by atoms with Crippen molar-refractivity contribution in [3.63, 3.8) is 0 Å². The summed E-state index contributed by atoms with van der Waals surface area (Å²) in [5, 5.41) is 0. The van der Waals surface area contributed by atoms with Gasteiger partial charge in [0.25, 0.3) is 0 Å². The molecule has 0 bridgehead atoms. The first kappa shape index (κ1) is 17.5. The van der Waals surface area contributed by atoms with Crippen LogP contribution in [0.5, 0.6) is 0 Å². The topological polar surface area (TPSA) is 23.6 Å². The van der Waals surface area contributed by atoms with E-state index < -0.39 is 0 Å². The van der Waals surface area contributed by atoms with Crippen LogP contribution in [-0.2, 0) is 17.8 Å². The van der Waals surface area contributed by atoms with Crippen molar-refractivity contribution in [3.8, 4) is 0 Å². The second-order valence-corrected chi connectivity index (χ2v) is 6.41. The fraction of sp³-hybridized carbons (Fsp3) is 0.350. The highest BCUT2D eigenvalue weighted by molar-refractivity contribution is 5.78. The number of benzene rings is 2. The second kappa shape index (κ2) is 8.21. The standard InChI is InChI=1S/C20H22F2N2O/c21-18-8-6-16(7-9-18)15-23-10-3-11-24(13-12-23)20(25)14-17-4-1-2-5-19(17)22/h1-2,4-9H,3,10-15H2. The fourth-order valence-electron chi connectivity index (χ4n) is 3.14. The maximum absolute atomic E-state index is 13.7. The van der Waals surface area contributed by atoms with Gasteiger partial charge >= 0.3 is 0 Å². The Morgan fingerprint density at radius 2 is 1.68 bits per heavy atom. The normalized spacial score (nSPS) is 15.8. The Kier molecular flexibility index (Phi) is 5.76. The molecule has 0 aliphatic carbocycles. The molecule has 1 aliphatic heterocycles. The van der Waals surface area contributed by atoms with E-state index in [2.05, 4.69) is 4.90 Å². The maximum atomic E-state index is 13.7. The Balaban J connectivity index is 1.55. The summed E-state index contributed by atoms with van der Waals surface area (Å²) in [6.45, 7) is 3.72. The van der Waals surface area contributed by atoms with Gasteiger partial charge in [-0.1, -0.05) is 30.3 Å². The summed E-state index contributed by atoms with van der Waals surface area (Å²) in [7, 11) is 0. The number of carbonyl (C=O) groups excluding carboxylic acids is 1. The lowest BCUT2D eigenvalue weighted by molar-refractivity contribution is -0.130. The second-order valence-electron chi connectivity index (χ2n) is 6.41. The molecule has 2 aromatic carbocycles. The lowest BCUT2D eigenvalue weighted by Gasteiger charge is -2.22. The summed E-state index contributed by atoms with van der Waals surface area (Å²) in [6, 6.07) is 12.9. The number of hydrogen-bond acceptors (Lipinski definition) is 2. The van der Waals surface area contributed by atoms with Crippen LogP contribution in [0.4, 0.5) is 8.78 Å². The number of hydrogen-bond donors (Lipinski definition) is 0. The third-order valence-electron chi connectivity index (χ3n) is 4.56. The van der Waals surface area contributed by atoms with Crippen LogP contribution in [-0.4, -0.2) is 41.9 Å². The van der Waals surface area contributed by atoms with Gasteiger partial charge in [-0.2, -0.15) is 0 Å². The summed E-state index contributed by atoms with van der Waals surface area (Å²) < 4.78 is 26.7. The first-order chi connectivity index (χ1) is 12.1. The molecule has 0 spiro atoms. The van der Waals surface area contributed by atoms with E-state index in [1.165, 1.54) is 18.2 Å². The summed E-state index contributed by atoms with van der Waals surface area (Å²) in [4.78, 5) is 16.6. The Labute approximate surface area is 146 Å². The zero-order valence-corrected chi connectivity index (χ0v) is 14.1. The third kappa shape index (κ3) is 4.86. The van der Waals surface area contributed by atoms with Crippen LogP contribution < -0.4 is 0 Å². The van der Waals surface area contributed by atoms with Crippen LogP contribution in [0.15, 0.2) is 48.5 Å². The molecule has 0 unspecified atom stereocenters. The predicted molar refractivity (Wildman–Crippen MR) is 93.0 cm³/mol. The molecule has 0 N–H and O–H groups in total. The Morgan fingerprint density at radius 1 is 0.920 bits per heavy atom. The Morgan fingerprint density at radius 3 is 2.44 bits per heavy atom. The molecule has 1 amide bonds. The van der Waals surface area contributed by atoms with Gasteiger partial charge in [-0.25, -0.2) is 8.78 Å². The molecular weight excluding hydrogens is 322 g/mol. The van der Waals surface area contributed by atoms with Crippen molar-refractivity contribution in [1.29, 1.82) is 0 Å². The zero-order valence-electron chi connectivity index (χ0n) is 14.1. The molecule has 2 aromatic rings. The average Bonchev–Trinajstić information content (AvgIpc) is 2.85. The van der Waals surface area contributed by atoms with Crippen LogP contribution in [0.3, 0.4) is 0 Å². The molecule has 0 aromatic heterocycles. The fourth-order valence-corrected chi connectivity index (χ4v) is 3.14. The highest BCUT2D eigenvalue weighted by Crippen LogP contribution is 2.13. The molecule has 1 heterocycles. The summed E-state index contributed by atoms with van der Waals surface area (Å²) >= 11 is 0. The van der Waals surface area contributed by atoms with Gasteiger partial charge in [0.2, 0.25) is 5.91 Å². The minimum Gasteiger partial charge on any atom is -0.341 e. The number of halogens is 2. The molecule has 0 saturated carbocycles. The van der Waals surface area contributed by atoms with Crippen molar-refractivity contribution >= 4 is 5.91 Å². The van der Waals surface area contributed by atoms with Gasteiger partial charge in [-0.15, -0.1) is 0 Å². The predicted octanol–water partition coefficient (Wildman–Crippen LogP) is 3.24. The summed E-state index contributed by atoms with van der Waals surface area (Å²) in [5.74, 6) is -0.595. The zero-order chi connectivity index (χ0) is 17.6. The lowest BCUT2D eigenvalue weighted by atomic mass is 10.1. The molecule has 25 heavy (non-hydrogen) atoms. The van der Waals surface area contributed by atoms with Crippen LogP contribution in [0.1, 0.15) is 17.5 Å². The monoisotopic (exact) mass is 344 g/mol. The number of rotatable bonds is 4. The van der Waals surface area contributed by atoms with E-state index in [4.69, 9.17) is 0 Å². The smallest absolute Gasteiger partial charge is 0.227 e. The number of amides is 1. The molecule has 0 radical (unpaired) electrons. The molecule has 1 aliphatic rings. The van der Waals surface area contributed by atoms with Gasteiger partial charge in [0.1, 0.15) is 11.6 Å². The molecule has 3 rings (SSSR count). The largest absolute Gasteiger partial charge is 0.341 e.